The number of anilines is 1. The van der Waals surface area contributed by atoms with E-state index in [4.69, 9.17) is 24.2 Å². The van der Waals surface area contributed by atoms with Gasteiger partial charge in [-0.2, -0.15) is 0 Å². The summed E-state index contributed by atoms with van der Waals surface area (Å²) in [5.74, 6) is 3.01. The van der Waals surface area contributed by atoms with Gasteiger partial charge in [-0.25, -0.2) is 9.97 Å². The minimum absolute atomic E-state index is 0.534. The summed E-state index contributed by atoms with van der Waals surface area (Å²) in [6, 6.07) is 20.1. The Balaban J connectivity index is 1.49. The Bertz CT molecular complexity index is 1440. The van der Waals surface area contributed by atoms with Crippen LogP contribution in [-0.4, -0.2) is 42.8 Å². The second-order valence-electron chi connectivity index (χ2n) is 7.86. The van der Waals surface area contributed by atoms with E-state index in [1.807, 2.05) is 42.5 Å². The van der Waals surface area contributed by atoms with Crippen molar-refractivity contribution >= 4 is 27.6 Å². The minimum atomic E-state index is 0.534. The van der Waals surface area contributed by atoms with E-state index in [1.54, 1.807) is 21.3 Å². The number of nitrogens with zero attached hydrogens (tertiary/aromatic N) is 2. The lowest BCUT2D eigenvalue weighted by molar-refractivity contribution is 0.324. The number of aromatic amines is 1. The van der Waals surface area contributed by atoms with E-state index in [0.29, 0.717) is 23.1 Å². The van der Waals surface area contributed by atoms with Crippen LogP contribution in [0.1, 0.15) is 5.56 Å². The highest BCUT2D eigenvalue weighted by Gasteiger charge is 2.17. The first-order valence-electron chi connectivity index (χ1n) is 11.1. The molecule has 7 heteroatoms. The highest BCUT2D eigenvalue weighted by Crippen LogP contribution is 2.41. The van der Waals surface area contributed by atoms with E-state index in [-0.39, 0.29) is 0 Å². The minimum Gasteiger partial charge on any atom is -0.493 e. The van der Waals surface area contributed by atoms with Crippen LogP contribution in [0.3, 0.4) is 0 Å². The van der Waals surface area contributed by atoms with Crippen molar-refractivity contribution in [3.8, 4) is 28.6 Å². The number of hydrogen-bond donors (Lipinski definition) is 2. The van der Waals surface area contributed by atoms with Gasteiger partial charge in [-0.05, 0) is 42.3 Å². The second-order valence-corrected chi connectivity index (χ2v) is 7.86. The van der Waals surface area contributed by atoms with Crippen LogP contribution in [0, 0.1) is 0 Å². The largest absolute Gasteiger partial charge is 0.493 e. The fraction of sp³-hybridized carbons (Fsp3) is 0.185. The maximum atomic E-state index is 5.52. The Hall–Kier alpha value is -4.26. The van der Waals surface area contributed by atoms with Crippen molar-refractivity contribution in [3.05, 3.63) is 72.4 Å². The van der Waals surface area contributed by atoms with Gasteiger partial charge in [-0.1, -0.05) is 30.3 Å². The van der Waals surface area contributed by atoms with Gasteiger partial charge in [0.25, 0.3) is 0 Å². The maximum Gasteiger partial charge on any atom is 0.203 e. The molecule has 5 aromatic rings. The molecule has 0 aliphatic carbocycles. The highest BCUT2D eigenvalue weighted by molar-refractivity contribution is 5.91. The Morgan fingerprint density at radius 3 is 2.26 bits per heavy atom. The molecule has 2 N–H and O–H groups in total. The van der Waals surface area contributed by atoms with Crippen LogP contribution in [-0.2, 0) is 6.42 Å². The molecule has 0 fully saturated rings. The molecule has 0 bridgehead atoms. The maximum absolute atomic E-state index is 5.52. The van der Waals surface area contributed by atoms with Gasteiger partial charge in [0.2, 0.25) is 5.75 Å². The topological polar surface area (TPSA) is 81.3 Å². The Morgan fingerprint density at radius 2 is 1.53 bits per heavy atom. The Kier molecular flexibility index (Phi) is 5.91. The predicted octanol–water partition coefficient (Wildman–Crippen LogP) is 5.46. The monoisotopic (exact) mass is 454 g/mol. The summed E-state index contributed by atoms with van der Waals surface area (Å²) in [4.78, 5) is 13.0. The molecule has 0 unspecified atom stereocenters. The third kappa shape index (κ3) is 3.96. The quantitative estimate of drug-likeness (QED) is 0.324. The zero-order valence-electron chi connectivity index (χ0n) is 19.4. The lowest BCUT2D eigenvalue weighted by Crippen LogP contribution is -2.08. The summed E-state index contributed by atoms with van der Waals surface area (Å²) in [5.41, 5.74) is 4.05. The van der Waals surface area contributed by atoms with Crippen LogP contribution in [0.4, 0.5) is 5.82 Å². The van der Waals surface area contributed by atoms with E-state index in [0.717, 1.165) is 40.8 Å². The molecule has 0 saturated heterocycles. The molecule has 5 rings (SSSR count). The third-order valence-corrected chi connectivity index (χ3v) is 5.89. The van der Waals surface area contributed by atoms with Gasteiger partial charge in [0.1, 0.15) is 5.82 Å². The summed E-state index contributed by atoms with van der Waals surface area (Å²) < 4.78 is 16.5. The molecular formula is C27H26N4O3. The Morgan fingerprint density at radius 1 is 0.824 bits per heavy atom. The molecule has 0 radical (unpaired) electrons. The van der Waals surface area contributed by atoms with E-state index < -0.39 is 0 Å². The number of aromatic nitrogens is 3. The van der Waals surface area contributed by atoms with Crippen LogP contribution in [0.15, 0.2) is 66.9 Å². The van der Waals surface area contributed by atoms with E-state index >= 15 is 0 Å². The molecule has 7 nitrogen and oxygen atoms in total. The summed E-state index contributed by atoms with van der Waals surface area (Å²) >= 11 is 0. The van der Waals surface area contributed by atoms with Gasteiger partial charge in [-0.15, -0.1) is 0 Å². The fourth-order valence-corrected chi connectivity index (χ4v) is 4.20. The van der Waals surface area contributed by atoms with Crippen LogP contribution >= 0.6 is 0 Å². The van der Waals surface area contributed by atoms with Gasteiger partial charge >= 0.3 is 0 Å². The van der Waals surface area contributed by atoms with E-state index in [1.165, 1.54) is 10.9 Å². The van der Waals surface area contributed by atoms with Crippen LogP contribution in [0.5, 0.6) is 17.2 Å². The molecule has 3 aromatic carbocycles. The number of rotatable bonds is 8. The Labute approximate surface area is 197 Å². The first kappa shape index (κ1) is 21.6. The average Bonchev–Trinajstić information content (AvgIpc) is 3.30. The molecular weight excluding hydrogens is 428 g/mol. The zero-order chi connectivity index (χ0) is 23.5. The average molecular weight is 455 g/mol. The van der Waals surface area contributed by atoms with Crippen molar-refractivity contribution in [2.24, 2.45) is 0 Å². The molecule has 0 spiro atoms. The van der Waals surface area contributed by atoms with Crippen molar-refractivity contribution < 1.29 is 14.2 Å². The number of methoxy groups -OCH3 is 3. The zero-order valence-corrected chi connectivity index (χ0v) is 19.4. The summed E-state index contributed by atoms with van der Waals surface area (Å²) in [6.45, 7) is 0.734. The molecule has 34 heavy (non-hydrogen) atoms. The van der Waals surface area contributed by atoms with Gasteiger partial charge < -0.3 is 24.5 Å². The SMILES string of the molecule is COc1cc(-c2nc(NCCc3c[nH]c4ccccc34)c3ccccc3n2)cc(OC)c1OC. The molecule has 172 valence electrons. The number of benzene rings is 3. The summed E-state index contributed by atoms with van der Waals surface area (Å²) in [6.07, 6.45) is 2.94. The molecule has 0 atom stereocenters. The summed E-state index contributed by atoms with van der Waals surface area (Å²) in [7, 11) is 4.78. The van der Waals surface area contributed by atoms with E-state index in [2.05, 4.69) is 34.7 Å². The van der Waals surface area contributed by atoms with Crippen LogP contribution in [0.2, 0.25) is 0 Å². The van der Waals surface area contributed by atoms with E-state index in [9.17, 15) is 0 Å². The first-order chi connectivity index (χ1) is 16.7. The van der Waals surface area contributed by atoms with Crippen molar-refractivity contribution in [1.29, 1.82) is 0 Å². The molecule has 0 aliphatic heterocycles. The normalized spacial score (nSPS) is 11.0. The number of ether oxygens (including phenoxy) is 3. The standard InChI is InChI=1S/C27H26N4O3/c1-32-23-14-18(15-24(33-2)25(23)34-3)26-30-22-11-7-5-9-20(22)27(31-26)28-13-12-17-16-29-21-10-6-4-8-19(17)21/h4-11,14-16,29H,12-13H2,1-3H3,(H,28,30,31). The fourth-order valence-electron chi connectivity index (χ4n) is 4.20. The highest BCUT2D eigenvalue weighted by atomic mass is 16.5. The lowest BCUT2D eigenvalue weighted by Gasteiger charge is -2.15. The molecule has 0 saturated carbocycles. The second kappa shape index (κ2) is 9.31. The van der Waals surface area contributed by atoms with Gasteiger partial charge in [0.05, 0.1) is 26.8 Å². The summed E-state index contributed by atoms with van der Waals surface area (Å²) in [5, 5.41) is 5.74. The number of hydrogen-bond acceptors (Lipinski definition) is 6. The van der Waals surface area contributed by atoms with Crippen LogP contribution in [0.25, 0.3) is 33.2 Å². The van der Waals surface area contributed by atoms with Gasteiger partial charge in [-0.3, -0.25) is 0 Å². The molecule has 0 aliphatic rings. The smallest absolute Gasteiger partial charge is 0.203 e. The first-order valence-corrected chi connectivity index (χ1v) is 11.1. The molecule has 2 heterocycles. The molecule has 2 aromatic heterocycles. The lowest BCUT2D eigenvalue weighted by atomic mass is 10.1. The van der Waals surface area contributed by atoms with Crippen molar-refractivity contribution in [2.75, 3.05) is 33.2 Å². The molecule has 0 amide bonds. The number of fused-ring (bicyclic) bond motifs is 2. The van der Waals surface area contributed by atoms with Crippen molar-refractivity contribution in [2.45, 2.75) is 6.42 Å². The van der Waals surface area contributed by atoms with Crippen LogP contribution < -0.4 is 19.5 Å². The van der Waals surface area contributed by atoms with Gasteiger partial charge in [0.15, 0.2) is 17.3 Å². The number of H-pyrrole nitrogens is 1. The van der Waals surface area contributed by atoms with Gasteiger partial charge in [0, 0.05) is 34.6 Å². The van der Waals surface area contributed by atoms with Crippen molar-refractivity contribution in [3.63, 3.8) is 0 Å². The number of para-hydroxylation sites is 2. The van der Waals surface area contributed by atoms with Crippen molar-refractivity contribution in [1.82, 2.24) is 15.0 Å². The number of nitrogens with one attached hydrogen (secondary N) is 2. The third-order valence-electron chi connectivity index (χ3n) is 5.89. The predicted molar refractivity (Wildman–Crippen MR) is 135 cm³/mol.